The molecule has 1 amide bonds. The van der Waals surface area contributed by atoms with Crippen molar-refractivity contribution < 1.29 is 4.79 Å². The van der Waals surface area contributed by atoms with Crippen LogP contribution in [0, 0.1) is 27.7 Å². The van der Waals surface area contributed by atoms with Crippen molar-refractivity contribution in [2.75, 3.05) is 13.1 Å². The zero-order chi connectivity index (χ0) is 20.0. The maximum absolute atomic E-state index is 12.4. The van der Waals surface area contributed by atoms with Crippen LogP contribution in [0.1, 0.15) is 52.9 Å². The van der Waals surface area contributed by atoms with E-state index in [4.69, 9.17) is 4.98 Å². The summed E-state index contributed by atoms with van der Waals surface area (Å²) < 4.78 is 2.35. The number of benzene rings is 2. The molecule has 0 N–H and O–H groups in total. The van der Waals surface area contributed by atoms with Crippen LogP contribution in [0.5, 0.6) is 0 Å². The van der Waals surface area contributed by atoms with Gasteiger partial charge in [0.05, 0.1) is 11.0 Å². The highest BCUT2D eigenvalue weighted by Gasteiger charge is 2.33. The minimum Gasteiger partial charge on any atom is -0.342 e. The molecule has 1 fully saturated rings. The van der Waals surface area contributed by atoms with Gasteiger partial charge in [0, 0.05) is 32.0 Å². The molecule has 1 aliphatic heterocycles. The van der Waals surface area contributed by atoms with E-state index in [9.17, 15) is 4.79 Å². The molecule has 0 radical (unpaired) electrons. The van der Waals surface area contributed by atoms with E-state index < -0.39 is 0 Å². The number of para-hydroxylation sites is 2. The van der Waals surface area contributed by atoms with Crippen molar-refractivity contribution in [3.05, 3.63) is 64.0 Å². The Morgan fingerprint density at radius 1 is 1.07 bits per heavy atom. The number of carbonyl (C=O) groups is 1. The Morgan fingerprint density at radius 3 is 2.39 bits per heavy atom. The number of rotatable bonds is 4. The lowest BCUT2D eigenvalue weighted by Crippen LogP contribution is -2.24. The number of nitrogens with zero attached hydrogens (tertiary/aromatic N) is 3. The number of aryl methyl sites for hydroxylation is 2. The molecule has 4 rings (SSSR count). The van der Waals surface area contributed by atoms with Gasteiger partial charge in [-0.25, -0.2) is 4.98 Å². The number of imidazole rings is 1. The summed E-state index contributed by atoms with van der Waals surface area (Å²) in [5.74, 6) is 1.44. The molecule has 3 aromatic rings. The lowest BCUT2D eigenvalue weighted by atomic mass is 9.94. The number of hydrogen-bond acceptors (Lipinski definition) is 2. The van der Waals surface area contributed by atoms with Gasteiger partial charge < -0.3 is 9.47 Å². The summed E-state index contributed by atoms with van der Waals surface area (Å²) in [4.78, 5) is 19.3. The summed E-state index contributed by atoms with van der Waals surface area (Å²) in [6.07, 6.45) is 0.558. The highest BCUT2D eigenvalue weighted by molar-refractivity contribution is 5.81. The monoisotopic (exact) mass is 375 g/mol. The Balaban J connectivity index is 1.85. The van der Waals surface area contributed by atoms with E-state index in [1.165, 1.54) is 27.8 Å². The van der Waals surface area contributed by atoms with E-state index in [0.29, 0.717) is 6.42 Å². The lowest BCUT2D eigenvalue weighted by molar-refractivity contribution is -0.127. The Labute approximate surface area is 167 Å². The molecule has 28 heavy (non-hydrogen) atoms. The number of fused-ring (bicyclic) bond motifs is 1. The highest BCUT2D eigenvalue weighted by atomic mass is 16.2. The van der Waals surface area contributed by atoms with Crippen molar-refractivity contribution in [3.8, 4) is 0 Å². The van der Waals surface area contributed by atoms with Crippen LogP contribution >= 0.6 is 0 Å². The third-order valence-electron chi connectivity index (χ3n) is 6.48. The first-order valence-corrected chi connectivity index (χ1v) is 10.2. The highest BCUT2D eigenvalue weighted by Crippen LogP contribution is 2.32. The third-order valence-corrected chi connectivity index (χ3v) is 6.48. The molecular weight excluding hydrogens is 346 g/mol. The maximum atomic E-state index is 12.4. The van der Waals surface area contributed by atoms with Gasteiger partial charge in [0.2, 0.25) is 5.91 Å². The molecule has 0 aliphatic carbocycles. The Hall–Kier alpha value is -2.62. The van der Waals surface area contributed by atoms with Gasteiger partial charge in [-0.1, -0.05) is 18.2 Å². The van der Waals surface area contributed by atoms with E-state index >= 15 is 0 Å². The van der Waals surface area contributed by atoms with Crippen LogP contribution in [0.3, 0.4) is 0 Å². The zero-order valence-electron chi connectivity index (χ0n) is 17.5. The first-order valence-electron chi connectivity index (χ1n) is 10.2. The number of likely N-dealkylation sites (N-methyl/N-ethyl adjacent to an activating group) is 1. The Morgan fingerprint density at radius 2 is 1.75 bits per heavy atom. The van der Waals surface area contributed by atoms with Gasteiger partial charge in [-0.3, -0.25) is 4.79 Å². The van der Waals surface area contributed by atoms with Gasteiger partial charge in [-0.05, 0) is 74.6 Å². The fourth-order valence-electron chi connectivity index (χ4n) is 4.52. The van der Waals surface area contributed by atoms with Crippen molar-refractivity contribution in [1.82, 2.24) is 14.5 Å². The fourth-order valence-corrected chi connectivity index (χ4v) is 4.52. The van der Waals surface area contributed by atoms with Crippen molar-refractivity contribution in [3.63, 3.8) is 0 Å². The van der Waals surface area contributed by atoms with Crippen LogP contribution in [-0.2, 0) is 11.3 Å². The number of aromatic nitrogens is 2. The Kier molecular flexibility index (Phi) is 4.74. The summed E-state index contributed by atoms with van der Waals surface area (Å²) in [6, 6.07) is 10.6. The van der Waals surface area contributed by atoms with Crippen LogP contribution in [0.15, 0.2) is 30.3 Å². The summed E-state index contributed by atoms with van der Waals surface area (Å²) >= 11 is 0. The van der Waals surface area contributed by atoms with Crippen LogP contribution in [-0.4, -0.2) is 33.4 Å². The predicted molar refractivity (Wildman–Crippen MR) is 114 cm³/mol. The number of hydrogen-bond donors (Lipinski definition) is 0. The Bertz CT molecular complexity index is 1040. The molecule has 146 valence electrons. The van der Waals surface area contributed by atoms with Crippen molar-refractivity contribution in [2.45, 2.75) is 53.5 Å². The van der Waals surface area contributed by atoms with Crippen molar-refractivity contribution >= 4 is 16.9 Å². The largest absolute Gasteiger partial charge is 0.342 e. The predicted octanol–water partition coefficient (Wildman–Crippen LogP) is 4.65. The summed E-state index contributed by atoms with van der Waals surface area (Å²) in [5, 5.41) is 0. The summed E-state index contributed by atoms with van der Waals surface area (Å²) in [7, 11) is 0. The number of likely N-dealkylation sites (tertiary alicyclic amines) is 1. The standard InChI is InChI=1S/C24H29N3O/c1-6-26-13-19(12-23(26)28)24-25-21-9-7-8-10-22(21)27(24)14-20-17(4)15(2)11-16(3)18(20)5/h7-11,19H,6,12-14H2,1-5H3/t19-/m1/s1. The third kappa shape index (κ3) is 3.01. The van der Waals surface area contributed by atoms with Gasteiger partial charge in [0.1, 0.15) is 5.82 Å². The van der Waals surface area contributed by atoms with Gasteiger partial charge in [-0.2, -0.15) is 0 Å². The normalized spacial score (nSPS) is 17.1. The van der Waals surface area contributed by atoms with Gasteiger partial charge >= 0.3 is 0 Å². The van der Waals surface area contributed by atoms with Crippen molar-refractivity contribution in [1.29, 1.82) is 0 Å². The molecule has 2 heterocycles. The molecule has 1 saturated heterocycles. The maximum Gasteiger partial charge on any atom is 0.223 e. The number of amides is 1. The second-order valence-electron chi connectivity index (χ2n) is 8.12. The molecule has 0 spiro atoms. The molecule has 0 unspecified atom stereocenters. The average molecular weight is 376 g/mol. The molecule has 0 bridgehead atoms. The van der Waals surface area contributed by atoms with E-state index in [1.54, 1.807) is 0 Å². The molecule has 1 aromatic heterocycles. The van der Waals surface area contributed by atoms with E-state index in [1.807, 2.05) is 17.9 Å². The molecule has 4 heteroatoms. The molecule has 0 saturated carbocycles. The minimum absolute atomic E-state index is 0.159. The van der Waals surface area contributed by atoms with E-state index in [0.717, 1.165) is 36.5 Å². The first-order chi connectivity index (χ1) is 13.4. The second kappa shape index (κ2) is 7.08. The quantitative estimate of drug-likeness (QED) is 0.665. The minimum atomic E-state index is 0.159. The molecule has 1 atom stereocenters. The molecule has 2 aromatic carbocycles. The smallest absolute Gasteiger partial charge is 0.223 e. The molecule has 4 nitrogen and oxygen atoms in total. The number of carbonyl (C=O) groups excluding carboxylic acids is 1. The summed E-state index contributed by atoms with van der Waals surface area (Å²) in [5.41, 5.74) is 8.90. The van der Waals surface area contributed by atoms with Crippen molar-refractivity contribution in [2.24, 2.45) is 0 Å². The lowest BCUT2D eigenvalue weighted by Gasteiger charge is -2.19. The zero-order valence-corrected chi connectivity index (χ0v) is 17.5. The van der Waals surface area contributed by atoms with Gasteiger partial charge in [0.15, 0.2) is 0 Å². The second-order valence-corrected chi connectivity index (χ2v) is 8.12. The van der Waals surface area contributed by atoms with Gasteiger partial charge in [0.25, 0.3) is 0 Å². The SMILES string of the molecule is CCN1C[C@H](c2nc3ccccc3n2Cc2c(C)c(C)cc(C)c2C)CC1=O. The summed E-state index contributed by atoms with van der Waals surface area (Å²) in [6.45, 7) is 13.2. The molecule has 1 aliphatic rings. The van der Waals surface area contributed by atoms with E-state index in [2.05, 4.69) is 56.5 Å². The topological polar surface area (TPSA) is 38.1 Å². The first kappa shape index (κ1) is 18.7. The molecular formula is C24H29N3O. The van der Waals surface area contributed by atoms with Gasteiger partial charge in [-0.15, -0.1) is 0 Å². The van der Waals surface area contributed by atoms with E-state index in [-0.39, 0.29) is 11.8 Å². The van der Waals surface area contributed by atoms with Crippen LogP contribution < -0.4 is 0 Å². The van der Waals surface area contributed by atoms with Crippen LogP contribution in [0.4, 0.5) is 0 Å². The van der Waals surface area contributed by atoms with Crippen LogP contribution in [0.2, 0.25) is 0 Å². The average Bonchev–Trinajstić information content (AvgIpc) is 3.23. The fraction of sp³-hybridized carbons (Fsp3) is 0.417. The van der Waals surface area contributed by atoms with Crippen LogP contribution in [0.25, 0.3) is 11.0 Å².